The van der Waals surface area contributed by atoms with Gasteiger partial charge in [0.1, 0.15) is 12.2 Å². The summed E-state index contributed by atoms with van der Waals surface area (Å²) >= 11 is 12.7. The van der Waals surface area contributed by atoms with Crippen LogP contribution in [0.25, 0.3) is 0 Å². The summed E-state index contributed by atoms with van der Waals surface area (Å²) in [5.74, 6) is -0.245. The van der Waals surface area contributed by atoms with Crippen LogP contribution in [0.4, 0.5) is 0 Å². The van der Waals surface area contributed by atoms with Gasteiger partial charge in [0.15, 0.2) is 4.33 Å². The second-order valence-electron chi connectivity index (χ2n) is 7.05. The molecule has 5 atom stereocenters. The van der Waals surface area contributed by atoms with Gasteiger partial charge in [-0.15, -0.1) is 0 Å². The molecule has 1 heterocycles. The van der Waals surface area contributed by atoms with E-state index in [9.17, 15) is 5.11 Å². The number of ether oxygens (including phenoxy) is 3. The first-order valence-electron chi connectivity index (χ1n) is 9.06. The van der Waals surface area contributed by atoms with E-state index >= 15 is 0 Å². The van der Waals surface area contributed by atoms with Crippen LogP contribution in [0.2, 0.25) is 0 Å². The molecule has 0 unspecified atom stereocenters. The van der Waals surface area contributed by atoms with Crippen molar-refractivity contribution in [2.45, 2.75) is 42.0 Å². The zero-order valence-corrected chi connectivity index (χ0v) is 16.2. The molecule has 6 heteroatoms. The molecule has 1 aliphatic heterocycles. The molecule has 144 valence electrons. The van der Waals surface area contributed by atoms with E-state index in [0.717, 1.165) is 11.1 Å². The van der Waals surface area contributed by atoms with Crippen molar-refractivity contribution in [2.75, 3.05) is 6.61 Å². The van der Waals surface area contributed by atoms with Crippen molar-refractivity contribution < 1.29 is 19.3 Å². The highest BCUT2D eigenvalue weighted by molar-refractivity contribution is 6.51. The molecule has 1 saturated heterocycles. The summed E-state index contributed by atoms with van der Waals surface area (Å²) in [6, 6.07) is 19.7. The zero-order chi connectivity index (χ0) is 18.9. The van der Waals surface area contributed by atoms with E-state index in [1.165, 1.54) is 0 Å². The quantitative estimate of drug-likeness (QED) is 0.709. The van der Waals surface area contributed by atoms with Gasteiger partial charge in [-0.1, -0.05) is 83.9 Å². The van der Waals surface area contributed by atoms with E-state index in [2.05, 4.69) is 0 Å². The van der Waals surface area contributed by atoms with Crippen LogP contribution in [0.5, 0.6) is 0 Å². The highest BCUT2D eigenvalue weighted by Gasteiger charge is 2.72. The number of aliphatic hydroxyl groups excluding tert-OH is 1. The van der Waals surface area contributed by atoms with Crippen LogP contribution >= 0.6 is 23.2 Å². The second kappa shape index (κ2) is 8.08. The van der Waals surface area contributed by atoms with Gasteiger partial charge >= 0.3 is 0 Å². The number of rotatable bonds is 7. The minimum Gasteiger partial charge on any atom is -0.388 e. The lowest BCUT2D eigenvalue weighted by atomic mass is 10.0. The Morgan fingerprint density at radius 1 is 0.926 bits per heavy atom. The SMILES string of the molecule is O[C@H]1[C@H](OCc2ccccc2)[C@@H]2[C@H](O[C@@H]1COCc1ccccc1)C2(Cl)Cl. The second-order valence-corrected chi connectivity index (χ2v) is 8.49. The summed E-state index contributed by atoms with van der Waals surface area (Å²) < 4.78 is 16.6. The Balaban J connectivity index is 1.37. The Kier molecular flexibility index (Phi) is 5.74. The lowest BCUT2D eigenvalue weighted by Crippen LogP contribution is -2.48. The zero-order valence-electron chi connectivity index (χ0n) is 14.7. The van der Waals surface area contributed by atoms with Crippen LogP contribution in [0.1, 0.15) is 11.1 Å². The molecule has 1 N–H and O–H groups in total. The number of alkyl halides is 2. The molecule has 1 saturated carbocycles. The van der Waals surface area contributed by atoms with Crippen molar-refractivity contribution in [3.63, 3.8) is 0 Å². The third kappa shape index (κ3) is 4.16. The van der Waals surface area contributed by atoms with Gasteiger partial charge in [0.2, 0.25) is 0 Å². The first-order valence-corrected chi connectivity index (χ1v) is 9.81. The summed E-state index contributed by atoms with van der Waals surface area (Å²) in [5.41, 5.74) is 2.09. The largest absolute Gasteiger partial charge is 0.388 e. The Morgan fingerprint density at radius 2 is 1.52 bits per heavy atom. The first kappa shape index (κ1) is 19.2. The summed E-state index contributed by atoms with van der Waals surface area (Å²) in [6.07, 6.45) is -2.24. The monoisotopic (exact) mass is 408 g/mol. The van der Waals surface area contributed by atoms with Crippen LogP contribution in [0.15, 0.2) is 60.7 Å². The van der Waals surface area contributed by atoms with Gasteiger partial charge in [0, 0.05) is 0 Å². The van der Waals surface area contributed by atoms with Gasteiger partial charge < -0.3 is 19.3 Å². The number of aliphatic hydroxyl groups is 1. The van der Waals surface area contributed by atoms with Crippen molar-refractivity contribution in [1.82, 2.24) is 0 Å². The van der Waals surface area contributed by atoms with E-state index in [1.807, 2.05) is 60.7 Å². The van der Waals surface area contributed by atoms with Crippen LogP contribution in [-0.4, -0.2) is 40.5 Å². The van der Waals surface area contributed by atoms with E-state index < -0.39 is 22.6 Å². The van der Waals surface area contributed by atoms with Gasteiger partial charge in [0.05, 0.1) is 37.9 Å². The minimum atomic E-state index is -1.03. The maximum absolute atomic E-state index is 10.8. The predicted molar refractivity (Wildman–Crippen MR) is 104 cm³/mol. The number of fused-ring (bicyclic) bond motifs is 1. The topological polar surface area (TPSA) is 47.9 Å². The normalized spacial score (nSPS) is 31.3. The number of hydrogen-bond donors (Lipinski definition) is 1. The molecule has 1 aliphatic carbocycles. The van der Waals surface area contributed by atoms with E-state index in [1.54, 1.807) is 0 Å². The van der Waals surface area contributed by atoms with Gasteiger partial charge in [0.25, 0.3) is 0 Å². The van der Waals surface area contributed by atoms with Crippen molar-refractivity contribution in [1.29, 1.82) is 0 Å². The lowest BCUT2D eigenvalue weighted by Gasteiger charge is -2.33. The maximum atomic E-state index is 10.8. The maximum Gasteiger partial charge on any atom is 0.152 e. The van der Waals surface area contributed by atoms with Gasteiger partial charge in [-0.2, -0.15) is 0 Å². The fraction of sp³-hybridized carbons (Fsp3) is 0.429. The van der Waals surface area contributed by atoms with Crippen molar-refractivity contribution in [2.24, 2.45) is 5.92 Å². The Labute approximate surface area is 169 Å². The van der Waals surface area contributed by atoms with Gasteiger partial charge in [-0.25, -0.2) is 0 Å². The summed E-state index contributed by atoms with van der Waals surface area (Å²) in [6.45, 7) is 1.07. The Bertz CT molecular complexity index is 740. The summed E-state index contributed by atoms with van der Waals surface area (Å²) in [4.78, 5) is 0. The molecule has 0 amide bonds. The molecule has 2 aromatic carbocycles. The fourth-order valence-corrected chi connectivity index (χ4v) is 4.28. The van der Waals surface area contributed by atoms with Crippen molar-refractivity contribution in [3.05, 3.63) is 71.8 Å². The number of halogens is 2. The van der Waals surface area contributed by atoms with Gasteiger partial charge in [-0.3, -0.25) is 0 Å². The average Bonchev–Trinajstić information content (AvgIpc) is 3.23. The highest BCUT2D eigenvalue weighted by atomic mass is 35.5. The standard InChI is InChI=1S/C21H22Cl2O4/c22-21(23)17-19(26-12-15-9-5-2-6-10-15)18(24)16(27-20(17)21)13-25-11-14-7-3-1-4-8-14/h1-10,16-20,24H,11-13H2/t16-,17-,18-,19-,20+/m1/s1. The van der Waals surface area contributed by atoms with Crippen molar-refractivity contribution >= 4 is 23.2 Å². The number of benzene rings is 2. The number of hydrogen-bond acceptors (Lipinski definition) is 4. The Morgan fingerprint density at radius 3 is 2.15 bits per heavy atom. The molecular weight excluding hydrogens is 387 g/mol. The lowest BCUT2D eigenvalue weighted by molar-refractivity contribution is -0.179. The molecule has 0 aromatic heterocycles. The minimum absolute atomic E-state index is 0.244. The van der Waals surface area contributed by atoms with Crippen LogP contribution in [-0.2, 0) is 27.4 Å². The van der Waals surface area contributed by atoms with E-state index in [-0.39, 0.29) is 18.6 Å². The summed E-state index contributed by atoms with van der Waals surface area (Å²) in [7, 11) is 0. The van der Waals surface area contributed by atoms with Crippen LogP contribution in [0, 0.1) is 5.92 Å². The van der Waals surface area contributed by atoms with Crippen LogP contribution < -0.4 is 0 Å². The molecule has 2 fully saturated rings. The van der Waals surface area contributed by atoms with E-state index in [4.69, 9.17) is 37.4 Å². The van der Waals surface area contributed by atoms with Crippen LogP contribution in [0.3, 0.4) is 0 Å². The molecule has 0 bridgehead atoms. The Hall–Kier alpha value is -1.14. The molecule has 4 rings (SSSR count). The molecule has 2 aromatic rings. The smallest absolute Gasteiger partial charge is 0.152 e. The average molecular weight is 409 g/mol. The first-order chi connectivity index (χ1) is 13.1. The molecule has 0 spiro atoms. The van der Waals surface area contributed by atoms with Crippen molar-refractivity contribution in [3.8, 4) is 0 Å². The highest BCUT2D eigenvalue weighted by Crippen LogP contribution is 2.61. The summed E-state index contributed by atoms with van der Waals surface area (Å²) in [5, 5.41) is 10.8. The molecule has 27 heavy (non-hydrogen) atoms. The third-order valence-corrected chi connectivity index (χ3v) is 6.05. The molecule has 4 nitrogen and oxygen atoms in total. The van der Waals surface area contributed by atoms with E-state index in [0.29, 0.717) is 13.2 Å². The predicted octanol–water partition coefficient (Wildman–Crippen LogP) is 3.72. The molecule has 0 radical (unpaired) electrons. The fourth-order valence-electron chi connectivity index (χ4n) is 3.55. The van der Waals surface area contributed by atoms with Gasteiger partial charge in [-0.05, 0) is 11.1 Å². The molecular formula is C21H22Cl2O4. The third-order valence-electron chi connectivity index (χ3n) is 5.11. The molecule has 2 aliphatic rings.